The molecule has 1 amide bonds. The number of rotatable bonds is 3. The number of hydrogen-bond donors (Lipinski definition) is 1. The number of hydrogen-bond acceptors (Lipinski definition) is 5. The van der Waals surface area contributed by atoms with E-state index < -0.39 is 5.76 Å². The summed E-state index contributed by atoms with van der Waals surface area (Å²) in [5.74, 6) is -0.636. The SMILES string of the molecule is CNC(=O)Cn1nc(-c2ccco2)oc1=O. The molecule has 0 spiro atoms. The molecule has 0 radical (unpaired) electrons. The van der Waals surface area contributed by atoms with Crippen LogP contribution < -0.4 is 11.1 Å². The van der Waals surface area contributed by atoms with Gasteiger partial charge in [-0.1, -0.05) is 0 Å². The van der Waals surface area contributed by atoms with E-state index in [1.54, 1.807) is 12.1 Å². The van der Waals surface area contributed by atoms with Crippen LogP contribution >= 0.6 is 0 Å². The molecule has 16 heavy (non-hydrogen) atoms. The van der Waals surface area contributed by atoms with E-state index >= 15 is 0 Å². The van der Waals surface area contributed by atoms with Gasteiger partial charge in [0.25, 0.3) is 5.89 Å². The Morgan fingerprint density at radius 1 is 1.62 bits per heavy atom. The summed E-state index contributed by atoms with van der Waals surface area (Å²) in [5.41, 5.74) is 0. The molecular weight excluding hydrogens is 214 g/mol. The first-order valence-corrected chi connectivity index (χ1v) is 4.53. The Labute approximate surface area is 89.7 Å². The van der Waals surface area contributed by atoms with E-state index in [9.17, 15) is 9.59 Å². The second kappa shape index (κ2) is 4.05. The van der Waals surface area contributed by atoms with Gasteiger partial charge < -0.3 is 14.2 Å². The van der Waals surface area contributed by atoms with Crippen LogP contribution in [0.3, 0.4) is 0 Å². The maximum atomic E-state index is 11.3. The van der Waals surface area contributed by atoms with Crippen LogP contribution in [0.1, 0.15) is 0 Å². The zero-order valence-corrected chi connectivity index (χ0v) is 8.47. The second-order valence-corrected chi connectivity index (χ2v) is 2.98. The average molecular weight is 223 g/mol. The normalized spacial score (nSPS) is 10.3. The minimum absolute atomic E-state index is 0.0545. The van der Waals surface area contributed by atoms with Gasteiger partial charge in [0.2, 0.25) is 5.91 Å². The number of furan rings is 1. The highest BCUT2D eigenvalue weighted by Crippen LogP contribution is 2.14. The summed E-state index contributed by atoms with van der Waals surface area (Å²) < 4.78 is 10.8. The lowest BCUT2D eigenvalue weighted by molar-refractivity contribution is -0.121. The van der Waals surface area contributed by atoms with Crippen LogP contribution in [-0.4, -0.2) is 22.7 Å². The molecule has 2 aromatic rings. The molecule has 2 rings (SSSR count). The smallest absolute Gasteiger partial charge is 0.437 e. The lowest BCUT2D eigenvalue weighted by atomic mass is 10.5. The van der Waals surface area contributed by atoms with Crippen molar-refractivity contribution < 1.29 is 13.6 Å². The molecule has 7 nitrogen and oxygen atoms in total. The van der Waals surface area contributed by atoms with Gasteiger partial charge in [0.15, 0.2) is 5.76 Å². The van der Waals surface area contributed by atoms with Gasteiger partial charge in [-0.15, -0.1) is 5.10 Å². The van der Waals surface area contributed by atoms with E-state index in [1.807, 2.05) is 0 Å². The van der Waals surface area contributed by atoms with Gasteiger partial charge in [-0.25, -0.2) is 4.79 Å². The highest BCUT2D eigenvalue weighted by molar-refractivity contribution is 5.75. The minimum Gasteiger partial charge on any atom is -0.459 e. The Kier molecular flexibility index (Phi) is 2.59. The van der Waals surface area contributed by atoms with E-state index in [0.29, 0.717) is 5.76 Å². The van der Waals surface area contributed by atoms with Crippen molar-refractivity contribution in [3.8, 4) is 11.7 Å². The molecule has 0 aliphatic heterocycles. The molecule has 2 aromatic heterocycles. The van der Waals surface area contributed by atoms with E-state index in [1.165, 1.54) is 13.3 Å². The van der Waals surface area contributed by atoms with Crippen molar-refractivity contribution >= 4 is 5.91 Å². The first kappa shape index (κ1) is 10.2. The summed E-state index contributed by atoms with van der Waals surface area (Å²) in [5, 5.41) is 6.20. The van der Waals surface area contributed by atoms with Crippen molar-refractivity contribution in [2.75, 3.05) is 7.05 Å². The van der Waals surface area contributed by atoms with Gasteiger partial charge in [0, 0.05) is 7.05 Å². The third kappa shape index (κ3) is 1.88. The predicted octanol–water partition coefficient (Wildman–Crippen LogP) is -0.158. The van der Waals surface area contributed by atoms with Crippen LogP contribution in [-0.2, 0) is 11.3 Å². The first-order valence-electron chi connectivity index (χ1n) is 4.53. The lowest BCUT2D eigenvalue weighted by Gasteiger charge is -1.95. The van der Waals surface area contributed by atoms with Crippen LogP contribution in [0.15, 0.2) is 32.0 Å². The summed E-state index contributed by atoms with van der Waals surface area (Å²) in [6, 6.07) is 3.25. The van der Waals surface area contributed by atoms with E-state index in [-0.39, 0.29) is 18.3 Å². The molecule has 0 saturated carbocycles. The number of nitrogens with zero attached hydrogens (tertiary/aromatic N) is 2. The predicted molar refractivity (Wildman–Crippen MR) is 52.5 cm³/mol. The molecule has 84 valence electrons. The fourth-order valence-corrected chi connectivity index (χ4v) is 1.12. The number of amides is 1. The Bertz CT molecular complexity index is 537. The summed E-state index contributed by atoms with van der Waals surface area (Å²) in [6.07, 6.45) is 1.44. The molecule has 0 bridgehead atoms. The molecule has 0 saturated heterocycles. The van der Waals surface area contributed by atoms with Gasteiger partial charge in [-0.05, 0) is 12.1 Å². The third-order valence-electron chi connectivity index (χ3n) is 1.91. The van der Waals surface area contributed by atoms with Crippen LogP contribution in [0, 0.1) is 0 Å². The molecule has 0 aliphatic rings. The summed E-state index contributed by atoms with van der Waals surface area (Å²) in [7, 11) is 1.47. The van der Waals surface area contributed by atoms with Crippen LogP contribution in [0.25, 0.3) is 11.7 Å². The average Bonchev–Trinajstić information content (AvgIpc) is 2.88. The molecule has 0 atom stereocenters. The zero-order valence-electron chi connectivity index (χ0n) is 8.47. The summed E-state index contributed by atoms with van der Waals surface area (Å²) in [6.45, 7) is -0.181. The number of aromatic nitrogens is 2. The van der Waals surface area contributed by atoms with Gasteiger partial charge in [-0.3, -0.25) is 4.79 Å². The fourth-order valence-electron chi connectivity index (χ4n) is 1.12. The Balaban J connectivity index is 2.29. The maximum Gasteiger partial charge on any atom is 0.437 e. The molecule has 0 aromatic carbocycles. The minimum atomic E-state index is -0.699. The molecule has 0 fully saturated rings. The summed E-state index contributed by atoms with van der Waals surface area (Å²) in [4.78, 5) is 22.4. The lowest BCUT2D eigenvalue weighted by Crippen LogP contribution is -2.28. The second-order valence-electron chi connectivity index (χ2n) is 2.98. The molecule has 7 heteroatoms. The molecule has 0 aliphatic carbocycles. The Morgan fingerprint density at radius 3 is 3.06 bits per heavy atom. The van der Waals surface area contributed by atoms with Crippen molar-refractivity contribution in [3.63, 3.8) is 0 Å². The van der Waals surface area contributed by atoms with E-state index in [2.05, 4.69) is 10.4 Å². The fraction of sp³-hybridized carbons (Fsp3) is 0.222. The highest BCUT2D eigenvalue weighted by atomic mass is 16.4. The number of likely N-dealkylation sites (N-methyl/N-ethyl adjacent to an activating group) is 1. The van der Waals surface area contributed by atoms with Crippen molar-refractivity contribution in [2.45, 2.75) is 6.54 Å². The quantitative estimate of drug-likeness (QED) is 0.780. The van der Waals surface area contributed by atoms with Gasteiger partial charge in [0.1, 0.15) is 6.54 Å². The molecule has 2 heterocycles. The van der Waals surface area contributed by atoms with Crippen molar-refractivity contribution in [1.29, 1.82) is 0 Å². The number of carbonyl (C=O) groups is 1. The van der Waals surface area contributed by atoms with Crippen molar-refractivity contribution in [3.05, 3.63) is 28.9 Å². The monoisotopic (exact) mass is 223 g/mol. The molecular formula is C9H9N3O4. The Hall–Kier alpha value is -2.31. The zero-order chi connectivity index (χ0) is 11.5. The third-order valence-corrected chi connectivity index (χ3v) is 1.91. The molecule has 1 N–H and O–H groups in total. The topological polar surface area (TPSA) is 90.3 Å². The van der Waals surface area contributed by atoms with Crippen molar-refractivity contribution in [2.24, 2.45) is 0 Å². The Morgan fingerprint density at radius 2 is 2.44 bits per heavy atom. The number of carbonyl (C=O) groups excluding carboxylic acids is 1. The van der Waals surface area contributed by atoms with Gasteiger partial charge in [-0.2, -0.15) is 4.68 Å². The van der Waals surface area contributed by atoms with E-state index in [4.69, 9.17) is 8.83 Å². The standard InChI is InChI=1S/C9H9N3O4/c1-10-7(13)5-12-9(14)16-8(11-12)6-3-2-4-15-6/h2-4H,5H2,1H3,(H,10,13). The molecule has 0 unspecified atom stereocenters. The highest BCUT2D eigenvalue weighted by Gasteiger charge is 2.13. The van der Waals surface area contributed by atoms with Crippen LogP contribution in [0.4, 0.5) is 0 Å². The number of nitrogens with one attached hydrogen (secondary N) is 1. The summed E-state index contributed by atoms with van der Waals surface area (Å²) >= 11 is 0. The van der Waals surface area contributed by atoms with Crippen molar-refractivity contribution in [1.82, 2.24) is 15.1 Å². The largest absolute Gasteiger partial charge is 0.459 e. The first-order chi connectivity index (χ1) is 7.70. The van der Waals surface area contributed by atoms with E-state index in [0.717, 1.165) is 4.68 Å². The van der Waals surface area contributed by atoms with Gasteiger partial charge >= 0.3 is 5.76 Å². The van der Waals surface area contributed by atoms with Crippen LogP contribution in [0.2, 0.25) is 0 Å². The van der Waals surface area contributed by atoms with Crippen LogP contribution in [0.5, 0.6) is 0 Å². The van der Waals surface area contributed by atoms with Gasteiger partial charge in [0.05, 0.1) is 6.26 Å². The maximum absolute atomic E-state index is 11.3.